The van der Waals surface area contributed by atoms with Crippen LogP contribution in [-0.4, -0.2) is 34.0 Å². The summed E-state index contributed by atoms with van der Waals surface area (Å²) in [5.41, 5.74) is 8.27. The van der Waals surface area contributed by atoms with Crippen molar-refractivity contribution in [3.05, 3.63) is 47.2 Å². The molecule has 1 fully saturated rings. The number of rotatable bonds is 3. The highest BCUT2D eigenvalue weighted by atomic mass is 16.2. The number of nitrogens with two attached hydrogens (primary N) is 1. The van der Waals surface area contributed by atoms with Crippen LogP contribution in [0.2, 0.25) is 0 Å². The average Bonchev–Trinajstić information content (AvgIpc) is 3.39. The zero-order valence-corrected chi connectivity index (χ0v) is 14.2. The van der Waals surface area contributed by atoms with Crippen LogP contribution in [0.25, 0.3) is 11.3 Å². The highest BCUT2D eigenvalue weighted by Crippen LogP contribution is 2.34. The third-order valence-electron chi connectivity index (χ3n) is 4.90. The number of urea groups is 1. The molecule has 1 aromatic heterocycles. The Hall–Kier alpha value is -3.27. The number of nitriles is 1. The molecule has 7 heteroatoms. The number of carbonyl (C=O) groups is 2. The van der Waals surface area contributed by atoms with E-state index in [0.29, 0.717) is 24.5 Å². The summed E-state index contributed by atoms with van der Waals surface area (Å²) in [7, 11) is 0. The molecule has 2 aliphatic rings. The summed E-state index contributed by atoms with van der Waals surface area (Å²) in [6.07, 6.45) is 2.03. The van der Waals surface area contributed by atoms with E-state index in [2.05, 4.69) is 11.4 Å². The third-order valence-corrected chi connectivity index (χ3v) is 4.90. The smallest absolute Gasteiger partial charge is 0.318 e. The molecule has 0 spiro atoms. The van der Waals surface area contributed by atoms with Gasteiger partial charge < -0.3 is 20.5 Å². The number of primary amides is 1. The van der Waals surface area contributed by atoms with Crippen LogP contribution >= 0.6 is 0 Å². The molecule has 26 heavy (non-hydrogen) atoms. The van der Waals surface area contributed by atoms with Gasteiger partial charge in [0, 0.05) is 19.1 Å². The van der Waals surface area contributed by atoms with Gasteiger partial charge in [0.2, 0.25) is 0 Å². The second kappa shape index (κ2) is 6.23. The van der Waals surface area contributed by atoms with Crippen LogP contribution in [0.4, 0.5) is 4.79 Å². The third kappa shape index (κ3) is 2.69. The molecule has 0 saturated heterocycles. The molecule has 132 valence electrons. The van der Waals surface area contributed by atoms with Crippen LogP contribution in [0, 0.1) is 11.3 Å². The van der Waals surface area contributed by atoms with Gasteiger partial charge in [0.25, 0.3) is 5.91 Å². The van der Waals surface area contributed by atoms with Gasteiger partial charge in [-0.3, -0.25) is 4.79 Å². The maximum absolute atomic E-state index is 12.4. The van der Waals surface area contributed by atoms with E-state index >= 15 is 0 Å². The topological polar surface area (TPSA) is 104 Å². The van der Waals surface area contributed by atoms with E-state index in [1.165, 1.54) is 0 Å². The fourth-order valence-electron chi connectivity index (χ4n) is 3.50. The van der Waals surface area contributed by atoms with Crippen molar-refractivity contribution in [2.24, 2.45) is 5.73 Å². The largest absolute Gasteiger partial charge is 0.366 e. The zero-order valence-electron chi connectivity index (χ0n) is 14.2. The summed E-state index contributed by atoms with van der Waals surface area (Å²) in [6.45, 7) is 1.29. The van der Waals surface area contributed by atoms with E-state index in [0.717, 1.165) is 18.4 Å². The number of hydrogen-bond donors (Lipinski definition) is 2. The van der Waals surface area contributed by atoms with Gasteiger partial charge in [0.15, 0.2) is 0 Å². The number of carbonyl (C=O) groups excluding carboxylic acids is 2. The first-order valence-corrected chi connectivity index (χ1v) is 8.66. The lowest BCUT2D eigenvalue weighted by Gasteiger charge is -2.30. The van der Waals surface area contributed by atoms with Gasteiger partial charge in [-0.25, -0.2) is 4.79 Å². The molecule has 2 heterocycles. The molecule has 4 rings (SSSR count). The van der Waals surface area contributed by atoms with E-state index < -0.39 is 5.91 Å². The summed E-state index contributed by atoms with van der Waals surface area (Å²) in [5.74, 6) is -0.642. The van der Waals surface area contributed by atoms with Crippen LogP contribution in [0.3, 0.4) is 0 Å². The van der Waals surface area contributed by atoms with Crippen molar-refractivity contribution in [2.75, 3.05) is 6.54 Å². The number of benzene rings is 1. The number of nitrogens with zero attached hydrogens (tertiary/aromatic N) is 3. The van der Waals surface area contributed by atoms with Gasteiger partial charge in [-0.2, -0.15) is 5.26 Å². The highest BCUT2D eigenvalue weighted by Gasteiger charge is 2.33. The van der Waals surface area contributed by atoms with Crippen molar-refractivity contribution in [3.8, 4) is 17.3 Å². The second-order valence-corrected chi connectivity index (χ2v) is 6.68. The average molecular weight is 349 g/mol. The monoisotopic (exact) mass is 349 g/mol. The van der Waals surface area contributed by atoms with Crippen molar-refractivity contribution in [1.29, 1.82) is 5.26 Å². The summed E-state index contributed by atoms with van der Waals surface area (Å²) >= 11 is 0. The van der Waals surface area contributed by atoms with Crippen LogP contribution < -0.4 is 11.1 Å². The first-order valence-electron chi connectivity index (χ1n) is 8.66. The Balaban J connectivity index is 1.79. The van der Waals surface area contributed by atoms with Gasteiger partial charge in [-0.1, -0.05) is 30.3 Å². The van der Waals surface area contributed by atoms with Crippen molar-refractivity contribution in [3.63, 3.8) is 0 Å². The Morgan fingerprint density at radius 3 is 2.54 bits per heavy atom. The lowest BCUT2D eigenvalue weighted by Crippen LogP contribution is -2.45. The molecule has 3 N–H and O–H groups in total. The number of amides is 3. The Bertz CT molecular complexity index is 922. The molecule has 1 aromatic carbocycles. The van der Waals surface area contributed by atoms with Gasteiger partial charge in [0.05, 0.1) is 29.1 Å². The molecule has 0 unspecified atom stereocenters. The van der Waals surface area contributed by atoms with Gasteiger partial charge in [-0.05, 0) is 18.4 Å². The van der Waals surface area contributed by atoms with Crippen molar-refractivity contribution in [2.45, 2.75) is 32.0 Å². The Morgan fingerprint density at radius 1 is 1.19 bits per heavy atom. The second-order valence-electron chi connectivity index (χ2n) is 6.68. The minimum atomic E-state index is -0.642. The molecule has 7 nitrogen and oxygen atoms in total. The molecule has 2 aromatic rings. The summed E-state index contributed by atoms with van der Waals surface area (Å²) in [4.78, 5) is 26.2. The van der Waals surface area contributed by atoms with Crippen LogP contribution in [0.15, 0.2) is 30.3 Å². The quantitative estimate of drug-likeness (QED) is 0.883. The van der Waals surface area contributed by atoms with Crippen LogP contribution in [-0.2, 0) is 13.1 Å². The molecule has 1 aliphatic heterocycles. The van der Waals surface area contributed by atoms with Gasteiger partial charge in [0.1, 0.15) is 6.07 Å². The molecule has 0 atom stereocenters. The standard InChI is InChI=1S/C19H19N5O2/c20-10-14-16(18(21)25)15-11-23(19(26)22-13-6-7-13)8-9-24(15)17(14)12-4-2-1-3-5-12/h1-5,13H,6-9,11H2,(H2,21,25)(H,22,26). The predicted octanol–water partition coefficient (Wildman–Crippen LogP) is 1.81. The fourth-order valence-corrected chi connectivity index (χ4v) is 3.50. The van der Waals surface area contributed by atoms with Crippen molar-refractivity contribution < 1.29 is 9.59 Å². The summed E-state index contributed by atoms with van der Waals surface area (Å²) in [6, 6.07) is 11.8. The molecular weight excluding hydrogens is 330 g/mol. The van der Waals surface area contributed by atoms with Gasteiger partial charge >= 0.3 is 6.03 Å². The van der Waals surface area contributed by atoms with Crippen molar-refractivity contribution >= 4 is 11.9 Å². The van der Waals surface area contributed by atoms with E-state index in [1.807, 2.05) is 34.9 Å². The minimum absolute atomic E-state index is 0.130. The van der Waals surface area contributed by atoms with E-state index in [4.69, 9.17) is 5.73 Å². The minimum Gasteiger partial charge on any atom is -0.366 e. The predicted molar refractivity (Wildman–Crippen MR) is 95.1 cm³/mol. The molecule has 0 radical (unpaired) electrons. The lowest BCUT2D eigenvalue weighted by atomic mass is 10.0. The Labute approximate surface area is 151 Å². The maximum atomic E-state index is 12.4. The number of aromatic nitrogens is 1. The zero-order chi connectivity index (χ0) is 18.3. The molecular formula is C19H19N5O2. The number of hydrogen-bond acceptors (Lipinski definition) is 3. The summed E-state index contributed by atoms with van der Waals surface area (Å²) < 4.78 is 1.95. The van der Waals surface area contributed by atoms with Gasteiger partial charge in [-0.15, -0.1) is 0 Å². The normalized spacial score (nSPS) is 15.9. The maximum Gasteiger partial charge on any atom is 0.318 e. The SMILES string of the molecule is N#Cc1c(C(N)=O)c2n(c1-c1ccccc1)CCN(C(=O)NC1CC1)C2. The Kier molecular flexibility index (Phi) is 3.88. The first-order chi connectivity index (χ1) is 12.6. The van der Waals surface area contributed by atoms with E-state index in [9.17, 15) is 14.9 Å². The molecule has 1 aliphatic carbocycles. The summed E-state index contributed by atoms with van der Waals surface area (Å²) in [5, 5.41) is 12.7. The molecule has 1 saturated carbocycles. The lowest BCUT2D eigenvalue weighted by molar-refractivity contribution is 0.0996. The highest BCUT2D eigenvalue weighted by molar-refractivity contribution is 5.99. The van der Waals surface area contributed by atoms with E-state index in [1.54, 1.807) is 4.90 Å². The van der Waals surface area contributed by atoms with E-state index in [-0.39, 0.29) is 29.7 Å². The fraction of sp³-hybridized carbons (Fsp3) is 0.316. The molecule has 3 amide bonds. The Morgan fingerprint density at radius 2 is 1.92 bits per heavy atom. The molecule has 0 bridgehead atoms. The van der Waals surface area contributed by atoms with Crippen molar-refractivity contribution in [1.82, 2.24) is 14.8 Å². The van der Waals surface area contributed by atoms with Crippen LogP contribution in [0.1, 0.15) is 34.5 Å². The first kappa shape index (κ1) is 16.2. The number of fused-ring (bicyclic) bond motifs is 1. The van der Waals surface area contributed by atoms with Crippen LogP contribution in [0.5, 0.6) is 0 Å². The number of nitrogens with one attached hydrogen (secondary N) is 1.